The Kier molecular flexibility index (Phi) is 14.0. The van der Waals surface area contributed by atoms with E-state index in [2.05, 4.69) is 45.2 Å². The van der Waals surface area contributed by atoms with E-state index in [1.165, 1.54) is 36.8 Å². The summed E-state index contributed by atoms with van der Waals surface area (Å²) in [5.74, 6) is 1.83. The molecule has 2 aromatic rings. The van der Waals surface area contributed by atoms with Crippen molar-refractivity contribution in [2.24, 2.45) is 5.92 Å². The van der Waals surface area contributed by atoms with Gasteiger partial charge in [0, 0.05) is 23.3 Å². The number of rotatable bonds is 17. The first-order valence-corrected chi connectivity index (χ1v) is 16.0. The lowest BCUT2D eigenvalue weighted by atomic mass is 9.78. The molecule has 0 radical (unpaired) electrons. The van der Waals surface area contributed by atoms with Gasteiger partial charge in [0.05, 0.1) is 0 Å². The fourth-order valence-electron chi connectivity index (χ4n) is 5.52. The van der Waals surface area contributed by atoms with Crippen LogP contribution >= 0.6 is 0 Å². The Hall–Kier alpha value is -3.58. The second-order valence-corrected chi connectivity index (χ2v) is 11.9. The minimum Gasteiger partial charge on any atom is -0.490 e. The molecule has 0 atom stereocenters. The maximum atomic E-state index is 11.9. The second kappa shape index (κ2) is 17.6. The van der Waals surface area contributed by atoms with Crippen LogP contribution < -0.4 is 9.47 Å². The van der Waals surface area contributed by atoms with Gasteiger partial charge < -0.3 is 24.1 Å². The molecule has 0 aromatic heterocycles. The van der Waals surface area contributed by atoms with Crippen LogP contribution in [0.5, 0.6) is 11.5 Å². The first-order valence-electron chi connectivity index (χ1n) is 16.0. The van der Waals surface area contributed by atoms with E-state index < -0.39 is 11.9 Å². The van der Waals surface area contributed by atoms with Gasteiger partial charge in [0.25, 0.3) is 0 Å². The normalized spacial score (nSPS) is 16.2. The summed E-state index contributed by atoms with van der Waals surface area (Å²) in [5.41, 5.74) is 6.18. The van der Waals surface area contributed by atoms with Gasteiger partial charge in [-0.2, -0.15) is 0 Å². The molecule has 1 aliphatic rings. The average molecular weight is 607 g/mol. The summed E-state index contributed by atoms with van der Waals surface area (Å²) in [7, 11) is 0. The summed E-state index contributed by atoms with van der Waals surface area (Å²) in [4.78, 5) is 23.8. The number of benzene rings is 2. The van der Waals surface area contributed by atoms with Crippen molar-refractivity contribution >= 4 is 11.9 Å². The fraction of sp³-hybridized carbons (Fsp3) is 0.514. The average Bonchev–Trinajstić information content (AvgIpc) is 3.01. The molecule has 1 N–H and O–H groups in total. The number of hydrogen-bond acceptors (Lipinski definition) is 7. The Morgan fingerprint density at radius 3 is 1.98 bits per heavy atom. The van der Waals surface area contributed by atoms with E-state index in [9.17, 15) is 14.7 Å². The lowest BCUT2D eigenvalue weighted by Gasteiger charge is -2.27. The number of hydrogen-bond donors (Lipinski definition) is 1. The quantitative estimate of drug-likeness (QED) is 0.113. The molecule has 1 saturated carbocycles. The first kappa shape index (κ1) is 34.9. The molecular weight excluding hydrogens is 556 g/mol. The second-order valence-electron chi connectivity index (χ2n) is 11.9. The molecule has 0 unspecified atom stereocenters. The zero-order valence-electron chi connectivity index (χ0n) is 27.0. The van der Waals surface area contributed by atoms with E-state index in [4.69, 9.17) is 18.9 Å². The number of carbonyl (C=O) groups is 2. The van der Waals surface area contributed by atoms with Crippen LogP contribution in [-0.4, -0.2) is 50.1 Å². The van der Waals surface area contributed by atoms with E-state index >= 15 is 0 Å². The molecule has 240 valence electrons. The van der Waals surface area contributed by atoms with Gasteiger partial charge in [-0.05, 0) is 98.6 Å². The van der Waals surface area contributed by atoms with Crippen molar-refractivity contribution in [1.29, 1.82) is 0 Å². The molecule has 1 fully saturated rings. The van der Waals surface area contributed by atoms with Crippen LogP contribution in [0, 0.1) is 5.92 Å². The van der Waals surface area contributed by atoms with E-state index in [1.807, 2.05) is 12.1 Å². The molecule has 0 aliphatic heterocycles. The Bertz CT molecular complexity index is 1290. The van der Waals surface area contributed by atoms with E-state index in [0.29, 0.717) is 41.4 Å². The van der Waals surface area contributed by atoms with Crippen molar-refractivity contribution in [3.63, 3.8) is 0 Å². The Balaban J connectivity index is 1.97. The van der Waals surface area contributed by atoms with Gasteiger partial charge in [-0.1, -0.05) is 58.0 Å². The van der Waals surface area contributed by atoms with Gasteiger partial charge in [0.2, 0.25) is 0 Å². The van der Waals surface area contributed by atoms with Gasteiger partial charge in [-0.3, -0.25) is 0 Å². The maximum Gasteiger partial charge on any atom is 0.333 e. The minimum absolute atomic E-state index is 0.0942. The predicted octanol–water partition coefficient (Wildman–Crippen LogP) is 7.52. The minimum atomic E-state index is -0.450. The highest BCUT2D eigenvalue weighted by molar-refractivity contribution is 5.87. The number of esters is 2. The van der Waals surface area contributed by atoms with Gasteiger partial charge in [0.15, 0.2) is 0 Å². The van der Waals surface area contributed by atoms with Crippen LogP contribution in [0.1, 0.15) is 88.8 Å². The molecular formula is C37H50O7. The molecule has 0 bridgehead atoms. The van der Waals surface area contributed by atoms with Gasteiger partial charge in [-0.25, -0.2) is 9.59 Å². The van der Waals surface area contributed by atoms with Crippen LogP contribution in [0.15, 0.2) is 54.6 Å². The van der Waals surface area contributed by atoms with Crippen LogP contribution in [0.2, 0.25) is 0 Å². The van der Waals surface area contributed by atoms with Crippen molar-refractivity contribution in [2.75, 3.05) is 33.0 Å². The molecule has 0 saturated heterocycles. The molecule has 1 aliphatic carbocycles. The van der Waals surface area contributed by atoms with Gasteiger partial charge >= 0.3 is 11.9 Å². The molecule has 0 heterocycles. The maximum absolute atomic E-state index is 11.9. The third-order valence-electron chi connectivity index (χ3n) is 8.15. The zero-order valence-corrected chi connectivity index (χ0v) is 27.0. The van der Waals surface area contributed by atoms with E-state index in [1.54, 1.807) is 13.8 Å². The SMILES string of the molecule is C=C(C)C(=O)OCCOc1cc(-c2ccc(C3CCC(C)CC3)cc2CC)c(OCCOC(=O)C(=C)C)cc1CCCCO. The summed E-state index contributed by atoms with van der Waals surface area (Å²) in [6, 6.07) is 10.8. The van der Waals surface area contributed by atoms with Crippen molar-refractivity contribution < 1.29 is 33.6 Å². The van der Waals surface area contributed by atoms with E-state index in [-0.39, 0.29) is 33.0 Å². The number of aliphatic hydroxyl groups excluding tert-OH is 1. The van der Waals surface area contributed by atoms with Gasteiger partial charge in [0.1, 0.15) is 37.9 Å². The van der Waals surface area contributed by atoms with Crippen molar-refractivity contribution in [1.82, 2.24) is 0 Å². The Labute approximate surface area is 263 Å². The number of ether oxygens (including phenoxy) is 4. The van der Waals surface area contributed by atoms with Crippen molar-refractivity contribution in [3.05, 3.63) is 71.3 Å². The topological polar surface area (TPSA) is 91.3 Å². The zero-order chi connectivity index (χ0) is 32.1. The van der Waals surface area contributed by atoms with Crippen LogP contribution in [0.4, 0.5) is 0 Å². The number of unbranched alkanes of at least 4 members (excludes halogenated alkanes) is 1. The van der Waals surface area contributed by atoms with Crippen LogP contribution in [0.3, 0.4) is 0 Å². The monoisotopic (exact) mass is 606 g/mol. The number of aryl methyl sites for hydroxylation is 2. The van der Waals surface area contributed by atoms with E-state index in [0.717, 1.165) is 35.4 Å². The van der Waals surface area contributed by atoms with Crippen molar-refractivity contribution in [3.8, 4) is 22.6 Å². The predicted molar refractivity (Wildman–Crippen MR) is 174 cm³/mol. The summed E-state index contributed by atoms with van der Waals surface area (Å²) in [5, 5.41) is 9.39. The number of carbonyl (C=O) groups excluding carboxylic acids is 2. The summed E-state index contributed by atoms with van der Waals surface area (Å²) in [6.07, 6.45) is 7.92. The summed E-state index contributed by atoms with van der Waals surface area (Å²) < 4.78 is 23.0. The smallest absolute Gasteiger partial charge is 0.333 e. The third kappa shape index (κ3) is 10.3. The summed E-state index contributed by atoms with van der Waals surface area (Å²) >= 11 is 0. The van der Waals surface area contributed by atoms with Gasteiger partial charge in [-0.15, -0.1) is 0 Å². The Morgan fingerprint density at radius 1 is 0.795 bits per heavy atom. The highest BCUT2D eigenvalue weighted by Crippen LogP contribution is 2.41. The standard InChI is InChI=1S/C37H50O7/c1-7-28-22-30(29-13-11-27(6)12-14-29)15-16-32(28)33-24-34(41-18-20-43-36(39)25(2)3)31(10-8-9-17-38)23-35(33)42-19-21-44-37(40)26(4)5/h15-16,22-24,27,29,38H,2,4,7-14,17-21H2,1,3,5-6H3. The molecule has 2 aromatic carbocycles. The largest absolute Gasteiger partial charge is 0.490 e. The third-order valence-corrected chi connectivity index (χ3v) is 8.15. The lowest BCUT2D eigenvalue weighted by Crippen LogP contribution is -2.14. The van der Waals surface area contributed by atoms with Crippen LogP contribution in [0.25, 0.3) is 11.1 Å². The summed E-state index contributed by atoms with van der Waals surface area (Å²) in [6.45, 7) is 15.7. The Morgan fingerprint density at radius 2 is 1.41 bits per heavy atom. The highest BCUT2D eigenvalue weighted by atomic mass is 16.6. The molecule has 0 amide bonds. The molecule has 3 rings (SSSR count). The van der Waals surface area contributed by atoms with Crippen molar-refractivity contribution in [2.45, 2.75) is 85.0 Å². The first-order chi connectivity index (χ1) is 21.1. The number of aliphatic hydroxyl groups is 1. The molecule has 7 nitrogen and oxygen atoms in total. The molecule has 7 heteroatoms. The molecule has 44 heavy (non-hydrogen) atoms. The van der Waals surface area contributed by atoms with Crippen LogP contribution in [-0.2, 0) is 31.9 Å². The highest BCUT2D eigenvalue weighted by Gasteiger charge is 2.22. The lowest BCUT2D eigenvalue weighted by molar-refractivity contribution is -0.140. The fourth-order valence-corrected chi connectivity index (χ4v) is 5.52. The molecule has 0 spiro atoms.